The van der Waals surface area contributed by atoms with Gasteiger partial charge in [0, 0.05) is 0 Å². The van der Waals surface area contributed by atoms with Gasteiger partial charge in [0.15, 0.2) is 0 Å². The molecule has 1 atom stereocenters. The molecule has 1 saturated heterocycles. The van der Waals surface area contributed by atoms with E-state index >= 15 is 0 Å². The molecule has 1 aromatic carbocycles. The quantitative estimate of drug-likeness (QED) is 0.619. The maximum absolute atomic E-state index is 12.5. The summed E-state index contributed by atoms with van der Waals surface area (Å²) in [7, 11) is 0. The molecule has 0 saturated carbocycles. The smallest absolute Gasteiger partial charge is 0.368 e. The third-order valence-corrected chi connectivity index (χ3v) is 1.82. The van der Waals surface area contributed by atoms with Gasteiger partial charge in [-0.15, -0.1) is 0 Å². The van der Waals surface area contributed by atoms with Crippen molar-refractivity contribution in [3.05, 3.63) is 35.4 Å². The van der Waals surface area contributed by atoms with Crippen LogP contribution in [0, 0.1) is 0 Å². The van der Waals surface area contributed by atoms with Gasteiger partial charge >= 0.3 is 6.18 Å². The summed E-state index contributed by atoms with van der Waals surface area (Å²) in [6.07, 6.45) is -5.90. The molecule has 4 heteroatoms. The van der Waals surface area contributed by atoms with E-state index in [1.54, 1.807) is 0 Å². The molecule has 1 aliphatic rings. The summed E-state index contributed by atoms with van der Waals surface area (Å²) in [6.45, 7) is 0.0279. The van der Waals surface area contributed by atoms with Crippen molar-refractivity contribution in [3.8, 4) is 0 Å². The van der Waals surface area contributed by atoms with Gasteiger partial charge in [-0.1, -0.05) is 18.2 Å². The van der Waals surface area contributed by atoms with Gasteiger partial charge in [0.25, 0.3) is 0 Å². The summed E-state index contributed by atoms with van der Waals surface area (Å²) in [5, 5.41) is 0. The van der Waals surface area contributed by atoms with Gasteiger partial charge in [0.2, 0.25) is 0 Å². The first kappa shape index (κ1) is 7.38. The Hall–Kier alpha value is -1.03. The second-order valence-electron chi connectivity index (χ2n) is 2.76. The first-order valence-electron chi connectivity index (χ1n) is 4.24. The maximum Gasteiger partial charge on any atom is 0.416 e. The molecule has 0 spiro atoms. The lowest BCUT2D eigenvalue weighted by atomic mass is 10.0. The van der Waals surface area contributed by atoms with E-state index in [-0.39, 0.29) is 12.2 Å². The zero-order chi connectivity index (χ0) is 10.4. The number of hydrogen-bond acceptors (Lipinski definition) is 1. The Kier molecular flexibility index (Phi) is 1.55. The maximum atomic E-state index is 12.5. The lowest BCUT2D eigenvalue weighted by molar-refractivity contribution is -0.138. The first-order valence-corrected chi connectivity index (χ1v) is 3.74. The molecule has 0 aliphatic carbocycles. The molecule has 1 unspecified atom stereocenters. The summed E-state index contributed by atoms with van der Waals surface area (Å²) in [4.78, 5) is 0. The molecular weight excluding hydrogens is 181 g/mol. The van der Waals surface area contributed by atoms with Crippen molar-refractivity contribution >= 4 is 0 Å². The Labute approximate surface area is 74.5 Å². The zero-order valence-electron chi connectivity index (χ0n) is 7.56. The largest absolute Gasteiger partial charge is 0.416 e. The number of alkyl halides is 3. The Morgan fingerprint density at radius 1 is 1.38 bits per heavy atom. The van der Waals surface area contributed by atoms with Gasteiger partial charge in [0.05, 0.1) is 13.5 Å². The van der Waals surface area contributed by atoms with Gasteiger partial charge in [-0.3, -0.25) is 0 Å². The Morgan fingerprint density at radius 2 is 2.00 bits per heavy atom. The van der Waals surface area contributed by atoms with Crippen LogP contribution in [0.1, 0.15) is 18.6 Å². The highest BCUT2D eigenvalue weighted by Gasteiger charge is 2.38. The van der Waals surface area contributed by atoms with Crippen molar-refractivity contribution in [1.82, 2.24) is 0 Å². The van der Waals surface area contributed by atoms with Crippen molar-refractivity contribution in [2.75, 3.05) is 6.61 Å². The minimum absolute atomic E-state index is 0.0279. The predicted molar refractivity (Wildman–Crippen MR) is 40.1 cm³/mol. The minimum atomic E-state index is -4.42. The van der Waals surface area contributed by atoms with E-state index in [1.165, 1.54) is 18.2 Å². The molecule has 13 heavy (non-hydrogen) atoms. The zero-order valence-corrected chi connectivity index (χ0v) is 6.56. The molecule has 1 fully saturated rings. The number of benzene rings is 1. The summed E-state index contributed by atoms with van der Waals surface area (Å²) in [5.74, 6) is 0. The van der Waals surface area contributed by atoms with Crippen LogP contribution in [0.5, 0.6) is 0 Å². The number of epoxide rings is 1. The molecular formula is C9H7F3O. The van der Waals surface area contributed by atoms with E-state index in [2.05, 4.69) is 4.74 Å². The average molecular weight is 189 g/mol. The Bertz CT molecular complexity index is 333. The molecule has 1 heterocycles. The predicted octanol–water partition coefficient (Wildman–Crippen LogP) is 2.78. The topological polar surface area (TPSA) is 12.5 Å². The molecule has 1 aromatic rings. The first-order chi connectivity index (χ1) is 6.43. The van der Waals surface area contributed by atoms with E-state index in [1.807, 2.05) is 0 Å². The van der Waals surface area contributed by atoms with Gasteiger partial charge in [-0.05, 0) is 11.6 Å². The highest BCUT2D eigenvalue weighted by molar-refractivity contribution is 5.33. The second-order valence-corrected chi connectivity index (χ2v) is 2.76. The monoisotopic (exact) mass is 189 g/mol. The molecule has 1 nitrogen and oxygen atoms in total. The normalized spacial score (nSPS) is 28.4. The number of rotatable bonds is 1. The van der Waals surface area contributed by atoms with E-state index < -0.39 is 17.8 Å². The fourth-order valence-electron chi connectivity index (χ4n) is 1.17. The summed E-state index contributed by atoms with van der Waals surface area (Å²) >= 11 is 0. The fourth-order valence-corrected chi connectivity index (χ4v) is 1.17. The van der Waals surface area contributed by atoms with Gasteiger partial charge in [-0.2, -0.15) is 13.2 Å². The Morgan fingerprint density at radius 3 is 2.54 bits per heavy atom. The van der Waals surface area contributed by atoms with Crippen LogP contribution < -0.4 is 0 Å². The molecule has 2 rings (SSSR count). The van der Waals surface area contributed by atoms with Crippen molar-refractivity contribution in [1.29, 1.82) is 0 Å². The van der Waals surface area contributed by atoms with Crippen LogP contribution >= 0.6 is 0 Å². The highest BCUT2D eigenvalue weighted by Crippen LogP contribution is 2.39. The SMILES string of the molecule is [2H]C1(c2ccccc2C(F)(F)F)CO1. The molecule has 0 radical (unpaired) electrons. The lowest BCUT2D eigenvalue weighted by Gasteiger charge is -2.10. The number of halogens is 3. The summed E-state index contributed by atoms with van der Waals surface area (Å²) < 4.78 is 49.6. The van der Waals surface area contributed by atoms with Crippen molar-refractivity contribution < 1.29 is 19.3 Å². The van der Waals surface area contributed by atoms with Crippen LogP contribution in [0.4, 0.5) is 13.2 Å². The van der Waals surface area contributed by atoms with E-state index in [4.69, 9.17) is 1.37 Å². The second kappa shape index (κ2) is 2.73. The van der Waals surface area contributed by atoms with E-state index in [0.29, 0.717) is 0 Å². The van der Waals surface area contributed by atoms with Crippen LogP contribution in [-0.2, 0) is 10.9 Å². The van der Waals surface area contributed by atoms with Crippen LogP contribution in [0.25, 0.3) is 0 Å². The molecule has 0 aromatic heterocycles. The van der Waals surface area contributed by atoms with Crippen molar-refractivity contribution in [2.24, 2.45) is 0 Å². The number of hydrogen-bond donors (Lipinski definition) is 0. The van der Waals surface area contributed by atoms with Gasteiger partial charge in [0.1, 0.15) is 6.08 Å². The van der Waals surface area contributed by atoms with Gasteiger partial charge < -0.3 is 4.74 Å². The number of ether oxygens (including phenoxy) is 1. The third kappa shape index (κ3) is 1.67. The molecule has 0 bridgehead atoms. The Balaban J connectivity index is 2.50. The molecule has 0 N–H and O–H groups in total. The molecule has 1 aliphatic heterocycles. The van der Waals surface area contributed by atoms with Crippen LogP contribution in [0.15, 0.2) is 24.3 Å². The van der Waals surface area contributed by atoms with Crippen LogP contribution in [0.2, 0.25) is 0 Å². The average Bonchev–Trinajstić information content (AvgIpc) is 2.84. The van der Waals surface area contributed by atoms with Crippen LogP contribution in [0.3, 0.4) is 0 Å². The standard InChI is InChI=1S/C9H7F3O/c10-9(11,12)7-4-2-1-3-6(7)8-5-13-8/h1-4,8H,5H2/i8D. The fraction of sp³-hybridized carbons (Fsp3) is 0.333. The molecule has 0 amide bonds. The highest BCUT2D eigenvalue weighted by atomic mass is 19.4. The van der Waals surface area contributed by atoms with Crippen molar-refractivity contribution in [3.63, 3.8) is 0 Å². The minimum Gasteiger partial charge on any atom is -0.368 e. The van der Waals surface area contributed by atoms with Crippen molar-refractivity contribution in [2.45, 2.75) is 12.3 Å². The summed E-state index contributed by atoms with van der Waals surface area (Å²) in [5.41, 5.74) is -0.889. The van der Waals surface area contributed by atoms with Gasteiger partial charge in [-0.25, -0.2) is 0 Å². The lowest BCUT2D eigenvalue weighted by Crippen LogP contribution is -2.08. The van der Waals surface area contributed by atoms with E-state index in [0.717, 1.165) is 6.07 Å². The van der Waals surface area contributed by atoms with Crippen LogP contribution in [-0.4, -0.2) is 6.61 Å². The summed E-state index contributed by atoms with van der Waals surface area (Å²) in [6, 6.07) is 5.02. The molecule has 70 valence electrons. The van der Waals surface area contributed by atoms with E-state index in [9.17, 15) is 13.2 Å². The third-order valence-electron chi connectivity index (χ3n) is 1.82.